The molecule has 6 nitrogen and oxygen atoms in total. The van der Waals surface area contributed by atoms with Gasteiger partial charge in [-0.25, -0.2) is 4.79 Å². The monoisotopic (exact) mass is 664 g/mol. The third kappa shape index (κ3) is 6.01. The van der Waals surface area contributed by atoms with Crippen molar-refractivity contribution in [1.82, 2.24) is 0 Å². The molecule has 2 N–H and O–H groups in total. The lowest BCUT2D eigenvalue weighted by Crippen LogP contribution is -2.58. The van der Waals surface area contributed by atoms with E-state index in [-0.39, 0.29) is 22.7 Å². The number of carbonyl (C=O) groups is 1. The van der Waals surface area contributed by atoms with E-state index in [1.807, 2.05) is 18.2 Å². The molecular weight excluding hydrogens is 612 g/mol. The van der Waals surface area contributed by atoms with Gasteiger partial charge in [-0.15, -0.1) is 6.58 Å². The minimum Gasteiger partial charge on any atom is -0.465 e. The maximum atomic E-state index is 12.5. The third-order valence-corrected chi connectivity index (χ3v) is 12.9. The van der Waals surface area contributed by atoms with Crippen molar-refractivity contribution < 1.29 is 29.2 Å². The van der Waals surface area contributed by atoms with Gasteiger partial charge in [0.2, 0.25) is 0 Å². The Morgan fingerprint density at radius 1 is 0.959 bits per heavy atom. The standard InChI is InChI=1S/C43H52O6/c1-6-7-21-42(46)23-19-35-33-18-22-41(45)26-43(48-27-39(2,3)28-49-43)24-20-36(41)37(33)34(25-40(35,42)4)31-14-10-29(11-15-31)8-9-30-12-16-32(17-13-30)38(44)47-5/h6,10-17,33-35,45-46H,1,7,18-28H2,2-5H3. The number of esters is 1. The predicted molar refractivity (Wildman–Crippen MR) is 190 cm³/mol. The molecule has 0 amide bonds. The molecule has 6 atom stereocenters. The first-order valence-corrected chi connectivity index (χ1v) is 18.2. The van der Waals surface area contributed by atoms with Crippen LogP contribution in [0.4, 0.5) is 0 Å². The Balaban J connectivity index is 1.23. The van der Waals surface area contributed by atoms with Crippen molar-refractivity contribution in [2.24, 2.45) is 22.7 Å². The highest BCUT2D eigenvalue weighted by Gasteiger charge is 2.64. The molecule has 260 valence electrons. The third-order valence-electron chi connectivity index (χ3n) is 12.9. The predicted octanol–water partition coefficient (Wildman–Crippen LogP) is 7.86. The van der Waals surface area contributed by atoms with E-state index in [1.54, 1.807) is 12.1 Å². The van der Waals surface area contributed by atoms with Crippen molar-refractivity contribution >= 4 is 5.97 Å². The second-order valence-electron chi connectivity index (χ2n) is 16.6. The minimum absolute atomic E-state index is 0.0280. The van der Waals surface area contributed by atoms with Crippen molar-refractivity contribution in [3.8, 4) is 11.8 Å². The van der Waals surface area contributed by atoms with E-state index in [1.165, 1.54) is 23.8 Å². The summed E-state index contributed by atoms with van der Waals surface area (Å²) in [6.45, 7) is 11.9. The maximum absolute atomic E-state index is 12.5. The van der Waals surface area contributed by atoms with Crippen molar-refractivity contribution in [1.29, 1.82) is 0 Å². The van der Waals surface area contributed by atoms with Crippen LogP contribution in [-0.2, 0) is 14.2 Å². The lowest BCUT2D eigenvalue weighted by molar-refractivity contribution is -0.322. The van der Waals surface area contributed by atoms with Crippen molar-refractivity contribution in [2.45, 2.75) is 108 Å². The number of rotatable bonds is 5. The highest BCUT2D eigenvalue weighted by molar-refractivity contribution is 5.89. The number of carbonyl (C=O) groups excluding carboxylic acids is 1. The van der Waals surface area contributed by atoms with Gasteiger partial charge in [0.15, 0.2) is 5.79 Å². The number of benzene rings is 2. The van der Waals surface area contributed by atoms with E-state index in [2.05, 4.69) is 63.5 Å². The van der Waals surface area contributed by atoms with Crippen LogP contribution >= 0.6 is 0 Å². The van der Waals surface area contributed by atoms with E-state index in [0.717, 1.165) is 62.5 Å². The van der Waals surface area contributed by atoms with Crippen LogP contribution in [0.15, 0.2) is 72.3 Å². The highest BCUT2D eigenvalue weighted by Crippen LogP contribution is 2.68. The Morgan fingerprint density at radius 2 is 1.61 bits per heavy atom. The van der Waals surface area contributed by atoms with Crippen LogP contribution in [0.2, 0.25) is 0 Å². The molecule has 2 aromatic carbocycles. The van der Waals surface area contributed by atoms with Gasteiger partial charge in [-0.05, 0) is 111 Å². The molecular formula is C43H52O6. The molecule has 0 bridgehead atoms. The molecule has 6 heteroatoms. The summed E-state index contributed by atoms with van der Waals surface area (Å²) in [5, 5.41) is 24.8. The van der Waals surface area contributed by atoms with Crippen LogP contribution in [-0.4, -0.2) is 53.5 Å². The molecule has 3 saturated carbocycles. The molecule has 4 aliphatic carbocycles. The normalized spacial score (nSPS) is 34.2. The Bertz CT molecular complexity index is 1680. The van der Waals surface area contributed by atoms with Crippen molar-refractivity contribution in [3.63, 3.8) is 0 Å². The van der Waals surface area contributed by atoms with Gasteiger partial charge in [0.05, 0.1) is 37.1 Å². The summed E-state index contributed by atoms with van der Waals surface area (Å²) < 4.78 is 17.7. The number of hydrogen-bond donors (Lipinski definition) is 2. The van der Waals surface area contributed by atoms with Gasteiger partial charge in [0.1, 0.15) is 0 Å². The summed E-state index contributed by atoms with van der Waals surface area (Å²) in [7, 11) is 1.38. The first-order chi connectivity index (χ1) is 23.3. The van der Waals surface area contributed by atoms with Crippen LogP contribution in [0.1, 0.15) is 118 Å². The Hall–Kier alpha value is -3.21. The lowest BCUT2D eigenvalue weighted by Gasteiger charge is -2.58. The number of fused-ring (bicyclic) bond motifs is 4. The van der Waals surface area contributed by atoms with Gasteiger partial charge in [0.25, 0.3) is 0 Å². The second-order valence-corrected chi connectivity index (χ2v) is 16.6. The average Bonchev–Trinajstić information content (AvgIpc) is 3.37. The zero-order chi connectivity index (χ0) is 34.7. The van der Waals surface area contributed by atoms with E-state index in [4.69, 9.17) is 14.2 Å². The number of methoxy groups -OCH3 is 1. The smallest absolute Gasteiger partial charge is 0.337 e. The Labute approximate surface area is 291 Å². The first-order valence-electron chi connectivity index (χ1n) is 18.2. The molecule has 5 aliphatic rings. The van der Waals surface area contributed by atoms with Gasteiger partial charge < -0.3 is 24.4 Å². The van der Waals surface area contributed by atoms with Crippen LogP contribution < -0.4 is 0 Å². The summed E-state index contributed by atoms with van der Waals surface area (Å²) in [5.74, 6) is 6.21. The highest BCUT2D eigenvalue weighted by atomic mass is 16.7. The van der Waals surface area contributed by atoms with Gasteiger partial charge >= 0.3 is 5.97 Å². The zero-order valence-corrected chi connectivity index (χ0v) is 29.6. The average molecular weight is 665 g/mol. The first kappa shape index (κ1) is 34.2. The molecule has 1 heterocycles. The number of allylic oxidation sites excluding steroid dienone is 2. The SMILES string of the molecule is C=CCCC1(O)CCC2C3CCC4(O)CC5(CCC4=C3C(c3ccc(C#Cc4ccc(C(=O)OC)cc4)cc3)CC21C)OCC(C)(C)CO5. The largest absolute Gasteiger partial charge is 0.465 e. The number of ether oxygens (including phenoxy) is 3. The van der Waals surface area contributed by atoms with Crippen molar-refractivity contribution in [3.05, 3.63) is 94.6 Å². The summed E-state index contributed by atoms with van der Waals surface area (Å²) in [4.78, 5) is 11.8. The quantitative estimate of drug-likeness (QED) is 0.192. The molecule has 49 heavy (non-hydrogen) atoms. The van der Waals surface area contributed by atoms with Gasteiger partial charge in [-0.3, -0.25) is 0 Å². The molecule has 6 unspecified atom stereocenters. The molecule has 4 fully saturated rings. The summed E-state index contributed by atoms with van der Waals surface area (Å²) in [5.41, 5.74) is 4.11. The van der Waals surface area contributed by atoms with Crippen LogP contribution in [0, 0.1) is 34.5 Å². The zero-order valence-electron chi connectivity index (χ0n) is 29.6. The molecule has 2 aromatic rings. The maximum Gasteiger partial charge on any atom is 0.337 e. The van der Waals surface area contributed by atoms with Crippen LogP contribution in [0.3, 0.4) is 0 Å². The molecule has 1 spiro atoms. The molecule has 0 aromatic heterocycles. The molecule has 0 radical (unpaired) electrons. The second kappa shape index (κ2) is 12.5. The summed E-state index contributed by atoms with van der Waals surface area (Å²) in [6.07, 6.45) is 9.76. The van der Waals surface area contributed by atoms with Crippen molar-refractivity contribution in [2.75, 3.05) is 20.3 Å². The number of hydrogen-bond acceptors (Lipinski definition) is 6. The fourth-order valence-electron chi connectivity index (χ4n) is 10.1. The molecule has 1 aliphatic heterocycles. The van der Waals surface area contributed by atoms with Crippen LogP contribution in [0.25, 0.3) is 0 Å². The van der Waals surface area contributed by atoms with E-state index >= 15 is 0 Å². The van der Waals surface area contributed by atoms with E-state index in [0.29, 0.717) is 43.5 Å². The Kier molecular flexibility index (Phi) is 8.76. The molecule has 7 rings (SSSR count). The number of aliphatic hydroxyl groups is 2. The lowest BCUT2D eigenvalue weighted by atomic mass is 9.49. The fraction of sp³-hybridized carbons (Fsp3) is 0.558. The van der Waals surface area contributed by atoms with Crippen LogP contribution in [0.5, 0.6) is 0 Å². The summed E-state index contributed by atoms with van der Waals surface area (Å²) >= 11 is 0. The van der Waals surface area contributed by atoms with Gasteiger partial charge in [0, 0.05) is 40.7 Å². The van der Waals surface area contributed by atoms with E-state index < -0.39 is 17.0 Å². The van der Waals surface area contributed by atoms with Gasteiger partial charge in [-0.1, -0.05) is 56.4 Å². The minimum atomic E-state index is -0.954. The topological polar surface area (TPSA) is 85.2 Å². The Morgan fingerprint density at radius 3 is 2.24 bits per heavy atom. The van der Waals surface area contributed by atoms with Gasteiger partial charge in [-0.2, -0.15) is 0 Å². The summed E-state index contributed by atoms with van der Waals surface area (Å²) in [6, 6.07) is 15.7. The molecule has 1 saturated heterocycles. The fourth-order valence-corrected chi connectivity index (χ4v) is 10.1. The van der Waals surface area contributed by atoms with E-state index in [9.17, 15) is 15.0 Å².